The fourth-order valence-corrected chi connectivity index (χ4v) is 2.16. The minimum atomic E-state index is -0.747. The van der Waals surface area contributed by atoms with Crippen molar-refractivity contribution in [2.45, 2.75) is 33.2 Å². The molecule has 1 aromatic carbocycles. The third-order valence-electron chi connectivity index (χ3n) is 3.05. The summed E-state index contributed by atoms with van der Waals surface area (Å²) in [6, 6.07) is 8.08. The van der Waals surface area contributed by atoms with Crippen LogP contribution in [0.15, 0.2) is 24.3 Å². The molecule has 3 nitrogen and oxygen atoms in total. The Morgan fingerprint density at radius 2 is 2.00 bits per heavy atom. The molecule has 3 heteroatoms. The van der Waals surface area contributed by atoms with Crippen molar-refractivity contribution in [3.63, 3.8) is 0 Å². The van der Waals surface area contributed by atoms with Crippen LogP contribution in [0.25, 0.3) is 0 Å². The molecule has 0 aromatic heterocycles. The van der Waals surface area contributed by atoms with Crippen LogP contribution in [0.2, 0.25) is 0 Å². The van der Waals surface area contributed by atoms with E-state index in [0.29, 0.717) is 0 Å². The lowest BCUT2D eigenvalue weighted by atomic mass is 10.00. The van der Waals surface area contributed by atoms with Crippen LogP contribution in [-0.4, -0.2) is 29.1 Å². The summed E-state index contributed by atoms with van der Waals surface area (Å²) in [5, 5.41) is 9.03. The average molecular weight is 235 g/mol. The van der Waals surface area contributed by atoms with Gasteiger partial charge in [-0.2, -0.15) is 0 Å². The molecule has 0 radical (unpaired) electrons. The van der Waals surface area contributed by atoms with E-state index in [1.807, 2.05) is 25.1 Å². The van der Waals surface area contributed by atoms with Crippen molar-refractivity contribution in [1.82, 2.24) is 4.90 Å². The Morgan fingerprint density at radius 3 is 2.47 bits per heavy atom. The fraction of sp³-hybridized carbons (Fsp3) is 0.500. The first-order valence-electron chi connectivity index (χ1n) is 6.10. The lowest BCUT2D eigenvalue weighted by molar-refractivity contribution is -0.138. The van der Waals surface area contributed by atoms with Gasteiger partial charge < -0.3 is 5.11 Å². The van der Waals surface area contributed by atoms with Crippen LogP contribution < -0.4 is 0 Å². The monoisotopic (exact) mass is 235 g/mol. The van der Waals surface area contributed by atoms with Crippen LogP contribution in [0.1, 0.15) is 37.4 Å². The largest absolute Gasteiger partial charge is 0.481 e. The predicted octanol–water partition coefficient (Wildman–Crippen LogP) is 2.85. The number of carboxylic acids is 1. The Balaban J connectivity index is 3.00. The standard InChI is InChI=1S/C14H21NO2/c1-4-15(5-2)13(10-14(16)17)12-8-6-7-11(3)9-12/h6-9,13H,4-5,10H2,1-3H3,(H,16,17). The van der Waals surface area contributed by atoms with Crippen molar-refractivity contribution in [3.8, 4) is 0 Å². The van der Waals surface area contributed by atoms with Crippen LogP contribution >= 0.6 is 0 Å². The first-order valence-corrected chi connectivity index (χ1v) is 6.10. The van der Waals surface area contributed by atoms with Gasteiger partial charge in [0.25, 0.3) is 0 Å². The van der Waals surface area contributed by atoms with E-state index in [2.05, 4.69) is 24.8 Å². The number of rotatable bonds is 6. The first kappa shape index (κ1) is 13.7. The molecule has 0 saturated carbocycles. The molecular weight excluding hydrogens is 214 g/mol. The molecule has 1 unspecified atom stereocenters. The van der Waals surface area contributed by atoms with Crippen LogP contribution in [0.3, 0.4) is 0 Å². The van der Waals surface area contributed by atoms with Gasteiger partial charge in [-0.25, -0.2) is 0 Å². The van der Waals surface area contributed by atoms with Gasteiger partial charge in [0.05, 0.1) is 6.42 Å². The highest BCUT2D eigenvalue weighted by Gasteiger charge is 2.20. The Labute approximate surface area is 103 Å². The van der Waals surface area contributed by atoms with E-state index in [0.717, 1.165) is 18.7 Å². The maximum atomic E-state index is 11.0. The van der Waals surface area contributed by atoms with Gasteiger partial charge in [-0.05, 0) is 25.6 Å². The highest BCUT2D eigenvalue weighted by molar-refractivity contribution is 5.68. The minimum absolute atomic E-state index is 0.0256. The molecule has 0 bridgehead atoms. The Bertz CT molecular complexity index is 372. The van der Waals surface area contributed by atoms with E-state index in [1.54, 1.807) is 0 Å². The molecular formula is C14H21NO2. The van der Waals surface area contributed by atoms with Crippen LogP contribution in [0, 0.1) is 6.92 Å². The number of aryl methyl sites for hydroxylation is 1. The van der Waals surface area contributed by atoms with Crippen LogP contribution in [0.4, 0.5) is 0 Å². The van der Waals surface area contributed by atoms with Crippen molar-refractivity contribution < 1.29 is 9.90 Å². The number of benzene rings is 1. The topological polar surface area (TPSA) is 40.5 Å². The van der Waals surface area contributed by atoms with E-state index in [4.69, 9.17) is 5.11 Å². The zero-order chi connectivity index (χ0) is 12.8. The van der Waals surface area contributed by atoms with Crippen molar-refractivity contribution in [2.24, 2.45) is 0 Å². The second-order valence-corrected chi connectivity index (χ2v) is 4.25. The number of hydrogen-bond acceptors (Lipinski definition) is 2. The summed E-state index contributed by atoms with van der Waals surface area (Å²) in [6.45, 7) is 7.89. The second kappa shape index (κ2) is 6.40. The fourth-order valence-electron chi connectivity index (χ4n) is 2.16. The molecule has 94 valence electrons. The van der Waals surface area contributed by atoms with Gasteiger partial charge in [0.15, 0.2) is 0 Å². The van der Waals surface area contributed by atoms with Gasteiger partial charge >= 0.3 is 5.97 Å². The summed E-state index contributed by atoms with van der Waals surface area (Å²) in [5.41, 5.74) is 2.26. The highest BCUT2D eigenvalue weighted by atomic mass is 16.4. The summed E-state index contributed by atoms with van der Waals surface area (Å²) < 4.78 is 0. The van der Waals surface area contributed by atoms with Gasteiger partial charge in [-0.3, -0.25) is 9.69 Å². The zero-order valence-corrected chi connectivity index (χ0v) is 10.8. The molecule has 0 aliphatic carbocycles. The summed E-state index contributed by atoms with van der Waals surface area (Å²) >= 11 is 0. The number of carbonyl (C=O) groups is 1. The van der Waals surface area contributed by atoms with Gasteiger partial charge in [0.1, 0.15) is 0 Å². The minimum Gasteiger partial charge on any atom is -0.481 e. The highest BCUT2D eigenvalue weighted by Crippen LogP contribution is 2.24. The third-order valence-corrected chi connectivity index (χ3v) is 3.05. The molecule has 0 heterocycles. The molecule has 0 spiro atoms. The van der Waals surface area contributed by atoms with E-state index in [9.17, 15) is 4.79 Å². The number of hydrogen-bond donors (Lipinski definition) is 1. The molecule has 0 aliphatic rings. The molecule has 1 aromatic rings. The summed E-state index contributed by atoms with van der Waals surface area (Å²) in [7, 11) is 0. The second-order valence-electron chi connectivity index (χ2n) is 4.25. The number of nitrogens with zero attached hydrogens (tertiary/aromatic N) is 1. The smallest absolute Gasteiger partial charge is 0.305 e. The maximum Gasteiger partial charge on any atom is 0.305 e. The zero-order valence-electron chi connectivity index (χ0n) is 10.8. The van der Waals surface area contributed by atoms with E-state index in [1.165, 1.54) is 5.56 Å². The molecule has 0 fully saturated rings. The van der Waals surface area contributed by atoms with Gasteiger partial charge in [0.2, 0.25) is 0 Å². The lowest BCUT2D eigenvalue weighted by Crippen LogP contribution is -2.30. The van der Waals surface area contributed by atoms with E-state index in [-0.39, 0.29) is 12.5 Å². The summed E-state index contributed by atoms with van der Waals surface area (Å²) in [4.78, 5) is 13.2. The van der Waals surface area contributed by atoms with Crippen LogP contribution in [0.5, 0.6) is 0 Å². The lowest BCUT2D eigenvalue weighted by Gasteiger charge is -2.29. The molecule has 17 heavy (non-hydrogen) atoms. The van der Waals surface area contributed by atoms with Crippen molar-refractivity contribution in [3.05, 3.63) is 35.4 Å². The summed E-state index contributed by atoms with van der Waals surface area (Å²) in [5.74, 6) is -0.747. The van der Waals surface area contributed by atoms with Gasteiger partial charge in [0, 0.05) is 6.04 Å². The molecule has 0 aliphatic heterocycles. The predicted molar refractivity (Wildman–Crippen MR) is 69.1 cm³/mol. The molecule has 0 amide bonds. The number of aliphatic carboxylic acids is 1. The summed E-state index contributed by atoms with van der Waals surface area (Å²) in [6.07, 6.45) is 0.158. The molecule has 0 saturated heterocycles. The molecule has 1 rings (SSSR count). The third kappa shape index (κ3) is 3.86. The molecule has 1 N–H and O–H groups in total. The molecule has 1 atom stereocenters. The normalized spacial score (nSPS) is 12.7. The van der Waals surface area contributed by atoms with E-state index < -0.39 is 5.97 Å². The average Bonchev–Trinajstić information content (AvgIpc) is 2.29. The van der Waals surface area contributed by atoms with Gasteiger partial charge in [-0.1, -0.05) is 43.7 Å². The van der Waals surface area contributed by atoms with Crippen LogP contribution in [-0.2, 0) is 4.79 Å². The van der Waals surface area contributed by atoms with Crippen molar-refractivity contribution in [2.75, 3.05) is 13.1 Å². The maximum absolute atomic E-state index is 11.0. The van der Waals surface area contributed by atoms with Crippen molar-refractivity contribution in [1.29, 1.82) is 0 Å². The number of carboxylic acid groups (broad SMARTS) is 1. The van der Waals surface area contributed by atoms with E-state index >= 15 is 0 Å². The Hall–Kier alpha value is -1.35. The quantitative estimate of drug-likeness (QED) is 0.824. The van der Waals surface area contributed by atoms with Gasteiger partial charge in [-0.15, -0.1) is 0 Å². The van der Waals surface area contributed by atoms with Crippen molar-refractivity contribution >= 4 is 5.97 Å². The Kier molecular flexibility index (Phi) is 5.16. The SMILES string of the molecule is CCN(CC)C(CC(=O)O)c1cccc(C)c1. The Morgan fingerprint density at radius 1 is 1.35 bits per heavy atom. The first-order chi connectivity index (χ1) is 8.08.